The molecule has 1 aliphatic heterocycles. The zero-order valence-corrected chi connectivity index (χ0v) is 20.0. The Balaban J connectivity index is 1.68. The lowest BCUT2D eigenvalue weighted by atomic mass is 9.91. The van der Waals surface area contributed by atoms with E-state index in [1.54, 1.807) is 12.1 Å². The normalized spacial score (nSPS) is 15.1. The van der Waals surface area contributed by atoms with Crippen molar-refractivity contribution in [3.05, 3.63) is 98.8 Å². The molecule has 2 N–H and O–H groups in total. The summed E-state index contributed by atoms with van der Waals surface area (Å²) < 4.78 is 46.6. The van der Waals surface area contributed by atoms with Gasteiger partial charge in [0, 0.05) is 43.1 Å². The first-order valence-electron chi connectivity index (χ1n) is 11.5. The largest absolute Gasteiger partial charge is 0.487 e. The van der Waals surface area contributed by atoms with Crippen LogP contribution in [0, 0.1) is 5.92 Å². The van der Waals surface area contributed by atoms with Crippen molar-refractivity contribution in [3.63, 3.8) is 0 Å². The number of fused-ring (bicyclic) bond motifs is 1. The van der Waals surface area contributed by atoms with Crippen LogP contribution < -0.4 is 26.2 Å². The highest BCUT2D eigenvalue weighted by Crippen LogP contribution is 2.41. The lowest BCUT2D eigenvalue weighted by Gasteiger charge is -2.37. The molecule has 0 fully saturated rings. The average molecular weight is 515 g/mol. The molecule has 0 spiro atoms. The molecular weight excluding hydrogens is 489 g/mol. The van der Waals surface area contributed by atoms with E-state index in [0.29, 0.717) is 36.6 Å². The lowest BCUT2D eigenvalue weighted by molar-refractivity contribution is -0.137. The van der Waals surface area contributed by atoms with Crippen LogP contribution in [-0.2, 0) is 31.0 Å². The van der Waals surface area contributed by atoms with E-state index >= 15 is 0 Å². The van der Waals surface area contributed by atoms with Crippen LogP contribution in [0.15, 0.2) is 70.8 Å². The number of halogens is 3. The van der Waals surface area contributed by atoms with E-state index in [9.17, 15) is 27.6 Å². The van der Waals surface area contributed by atoms with Crippen LogP contribution in [0.4, 0.5) is 24.5 Å². The molecule has 2 heterocycles. The van der Waals surface area contributed by atoms with Crippen molar-refractivity contribution in [1.82, 2.24) is 14.9 Å². The van der Waals surface area contributed by atoms with Crippen LogP contribution in [0.3, 0.4) is 0 Å². The first-order valence-corrected chi connectivity index (χ1v) is 11.5. The molecule has 1 unspecified atom stereocenters. The number of nitrogens with one attached hydrogen (secondary N) is 2. The average Bonchev–Trinajstić information content (AvgIpc) is 2.87. The Morgan fingerprint density at radius 2 is 1.95 bits per heavy atom. The highest BCUT2D eigenvalue weighted by molar-refractivity contribution is 5.86. The second-order valence-electron chi connectivity index (χ2n) is 8.71. The summed E-state index contributed by atoms with van der Waals surface area (Å²) in [5.41, 5.74) is 0.629. The number of carbonyl (C=O) groups is 1. The molecule has 1 amide bonds. The van der Waals surface area contributed by atoms with Crippen molar-refractivity contribution >= 4 is 17.3 Å². The van der Waals surface area contributed by atoms with Gasteiger partial charge in [-0.2, -0.15) is 13.2 Å². The van der Waals surface area contributed by atoms with Gasteiger partial charge in [0.25, 0.3) is 5.56 Å². The molecule has 3 aromatic rings. The highest BCUT2D eigenvalue weighted by atomic mass is 19.4. The molecular formula is C26H25F3N4O4. The number of ether oxygens (including phenoxy) is 1. The maximum absolute atomic E-state index is 13.1. The molecule has 8 nitrogen and oxygen atoms in total. The number of aromatic nitrogens is 2. The third-order valence-electron chi connectivity index (χ3n) is 6.23. The van der Waals surface area contributed by atoms with E-state index in [2.05, 4.69) is 16.9 Å². The van der Waals surface area contributed by atoms with Gasteiger partial charge in [-0.1, -0.05) is 12.6 Å². The number of nitrogens with zero attached hydrogens (tertiary/aromatic N) is 2. The minimum Gasteiger partial charge on any atom is -0.487 e. The van der Waals surface area contributed by atoms with Gasteiger partial charge in [-0.25, -0.2) is 4.79 Å². The van der Waals surface area contributed by atoms with E-state index in [1.165, 1.54) is 35.9 Å². The smallest absolute Gasteiger partial charge is 0.416 e. The van der Waals surface area contributed by atoms with Crippen LogP contribution in [0.1, 0.15) is 16.8 Å². The standard InChI is InChI=1S/C26H25F3N4O4/c1-3-23(34)30-13-16-11-20-21(33(14-16)18-9-7-17(8-10-18)26(27,28)29)5-4-6-22(20)37-15-19-12-24(35)31-25(36)32(19)2/h3-10,12,16H,1,11,13-15H2,2H3,(H,30,34)(H,31,35,36). The fourth-order valence-electron chi connectivity index (χ4n) is 4.28. The minimum atomic E-state index is -4.45. The van der Waals surface area contributed by atoms with Gasteiger partial charge in [0.15, 0.2) is 0 Å². The second-order valence-corrected chi connectivity index (χ2v) is 8.71. The molecule has 1 aromatic heterocycles. The highest BCUT2D eigenvalue weighted by Gasteiger charge is 2.32. The van der Waals surface area contributed by atoms with E-state index in [1.807, 2.05) is 11.0 Å². The number of rotatable bonds is 7. The van der Waals surface area contributed by atoms with Gasteiger partial charge in [0.2, 0.25) is 5.91 Å². The molecule has 2 aromatic carbocycles. The molecule has 0 saturated heterocycles. The second kappa shape index (κ2) is 10.4. The molecule has 0 saturated carbocycles. The summed E-state index contributed by atoms with van der Waals surface area (Å²) in [6, 6.07) is 11.5. The summed E-state index contributed by atoms with van der Waals surface area (Å²) in [7, 11) is 1.52. The van der Waals surface area contributed by atoms with E-state index < -0.39 is 23.0 Å². The van der Waals surface area contributed by atoms with Gasteiger partial charge in [0.05, 0.1) is 11.3 Å². The fourth-order valence-corrected chi connectivity index (χ4v) is 4.28. The Bertz CT molecular complexity index is 1430. The number of amides is 1. The van der Waals surface area contributed by atoms with Crippen molar-refractivity contribution in [3.8, 4) is 5.75 Å². The van der Waals surface area contributed by atoms with Gasteiger partial charge in [-0.15, -0.1) is 0 Å². The first-order chi connectivity index (χ1) is 17.6. The topological polar surface area (TPSA) is 96.4 Å². The van der Waals surface area contributed by atoms with Crippen molar-refractivity contribution < 1.29 is 22.7 Å². The van der Waals surface area contributed by atoms with E-state index in [4.69, 9.17) is 4.74 Å². The zero-order valence-electron chi connectivity index (χ0n) is 20.0. The zero-order chi connectivity index (χ0) is 26.7. The lowest BCUT2D eigenvalue weighted by Crippen LogP contribution is -2.39. The van der Waals surface area contributed by atoms with Crippen LogP contribution in [-0.4, -0.2) is 28.5 Å². The van der Waals surface area contributed by atoms with Crippen LogP contribution in [0.25, 0.3) is 0 Å². The monoisotopic (exact) mass is 514 g/mol. The minimum absolute atomic E-state index is 0.0513. The van der Waals surface area contributed by atoms with Crippen LogP contribution >= 0.6 is 0 Å². The fraction of sp³-hybridized carbons (Fsp3) is 0.269. The van der Waals surface area contributed by atoms with Gasteiger partial charge >= 0.3 is 11.9 Å². The Labute approximate surface area is 210 Å². The Morgan fingerprint density at radius 3 is 2.62 bits per heavy atom. The summed E-state index contributed by atoms with van der Waals surface area (Å²) in [5.74, 6) is 0.0842. The number of aromatic amines is 1. The molecule has 11 heteroatoms. The van der Waals surface area contributed by atoms with E-state index in [0.717, 1.165) is 23.4 Å². The molecule has 4 rings (SSSR count). The van der Waals surface area contributed by atoms with Crippen molar-refractivity contribution in [1.29, 1.82) is 0 Å². The number of benzene rings is 2. The molecule has 37 heavy (non-hydrogen) atoms. The number of alkyl halides is 3. The van der Waals surface area contributed by atoms with Gasteiger partial charge in [0.1, 0.15) is 12.4 Å². The molecule has 0 bridgehead atoms. The quantitative estimate of drug-likeness (QED) is 0.472. The predicted octanol–water partition coefficient (Wildman–Crippen LogP) is 3.28. The Hall–Kier alpha value is -4.28. The predicted molar refractivity (Wildman–Crippen MR) is 132 cm³/mol. The Morgan fingerprint density at radius 1 is 1.22 bits per heavy atom. The maximum atomic E-state index is 13.1. The number of carbonyl (C=O) groups excluding carboxylic acids is 1. The third kappa shape index (κ3) is 5.76. The summed E-state index contributed by atoms with van der Waals surface area (Å²) in [4.78, 5) is 39.5. The molecule has 1 aliphatic rings. The molecule has 1 atom stereocenters. The van der Waals surface area contributed by atoms with Gasteiger partial charge < -0.3 is 15.0 Å². The SMILES string of the molecule is C=CC(=O)NCC1Cc2c(OCc3cc(=O)[nH]c(=O)n3C)cccc2N(c2ccc(C(F)(F)F)cc2)C1. The number of hydrogen-bond donors (Lipinski definition) is 2. The Kier molecular flexibility index (Phi) is 7.23. The number of hydrogen-bond acceptors (Lipinski definition) is 5. The first kappa shape index (κ1) is 25.8. The molecule has 0 radical (unpaired) electrons. The summed E-state index contributed by atoms with van der Waals surface area (Å²) in [5, 5.41) is 2.78. The van der Waals surface area contributed by atoms with Crippen LogP contribution in [0.2, 0.25) is 0 Å². The summed E-state index contributed by atoms with van der Waals surface area (Å²) in [6.45, 7) is 4.17. The van der Waals surface area contributed by atoms with Crippen molar-refractivity contribution in [2.45, 2.75) is 19.2 Å². The summed E-state index contributed by atoms with van der Waals surface area (Å²) >= 11 is 0. The molecule has 0 aliphatic carbocycles. The summed E-state index contributed by atoms with van der Waals surface area (Å²) in [6.07, 6.45) is -2.75. The van der Waals surface area contributed by atoms with Gasteiger partial charge in [-0.05, 0) is 54.8 Å². The van der Waals surface area contributed by atoms with Crippen LogP contribution in [0.5, 0.6) is 5.75 Å². The van der Waals surface area contributed by atoms with Crippen molar-refractivity contribution in [2.24, 2.45) is 13.0 Å². The van der Waals surface area contributed by atoms with E-state index in [-0.39, 0.29) is 18.4 Å². The van der Waals surface area contributed by atoms with Crippen molar-refractivity contribution in [2.75, 3.05) is 18.0 Å². The molecule has 194 valence electrons. The number of anilines is 2. The van der Waals surface area contributed by atoms with Gasteiger partial charge in [-0.3, -0.25) is 19.1 Å². The number of H-pyrrole nitrogens is 1. The third-order valence-corrected chi connectivity index (χ3v) is 6.23. The maximum Gasteiger partial charge on any atom is 0.416 e.